The van der Waals surface area contributed by atoms with Crippen LogP contribution in [-0.4, -0.2) is 69.1 Å². The largest absolute Gasteiger partial charge is 0.347 e. The normalized spacial score (nSPS) is 17.3. The van der Waals surface area contributed by atoms with E-state index < -0.39 is 6.04 Å². The predicted molar refractivity (Wildman–Crippen MR) is 160 cm³/mol. The van der Waals surface area contributed by atoms with Crippen molar-refractivity contribution < 1.29 is 9.59 Å². The number of rotatable bonds is 10. The van der Waals surface area contributed by atoms with Gasteiger partial charge in [-0.3, -0.25) is 9.59 Å². The third kappa shape index (κ3) is 7.13. The van der Waals surface area contributed by atoms with Crippen LogP contribution in [0.4, 0.5) is 11.6 Å². The van der Waals surface area contributed by atoms with Crippen LogP contribution in [0.5, 0.6) is 0 Å². The van der Waals surface area contributed by atoms with Crippen molar-refractivity contribution >= 4 is 23.5 Å². The molecule has 218 valence electrons. The molecule has 1 aliphatic rings. The number of benzene rings is 2. The van der Waals surface area contributed by atoms with E-state index >= 15 is 0 Å². The van der Waals surface area contributed by atoms with E-state index in [1.807, 2.05) is 43.3 Å². The van der Waals surface area contributed by atoms with E-state index in [-0.39, 0.29) is 17.7 Å². The molecule has 0 radical (unpaired) electrons. The number of H-pyrrole nitrogens is 1. The van der Waals surface area contributed by atoms with Crippen molar-refractivity contribution in [1.82, 2.24) is 35.9 Å². The van der Waals surface area contributed by atoms with Crippen LogP contribution in [0.3, 0.4) is 0 Å². The molecule has 0 saturated heterocycles. The van der Waals surface area contributed by atoms with E-state index in [0.29, 0.717) is 36.3 Å². The van der Waals surface area contributed by atoms with Crippen LogP contribution in [0.25, 0.3) is 22.5 Å². The molecule has 1 saturated carbocycles. The first-order chi connectivity index (χ1) is 20.4. The monoisotopic (exact) mass is 568 g/mol. The van der Waals surface area contributed by atoms with Gasteiger partial charge in [-0.2, -0.15) is 5.21 Å². The molecule has 0 aliphatic heterocycles. The van der Waals surface area contributed by atoms with Crippen molar-refractivity contribution in [3.05, 3.63) is 66.5 Å². The van der Waals surface area contributed by atoms with Gasteiger partial charge in [0.05, 0.1) is 0 Å². The Labute approximate surface area is 244 Å². The second-order valence-electron chi connectivity index (χ2n) is 10.9. The zero-order valence-electron chi connectivity index (χ0n) is 23.8. The molecule has 2 aromatic carbocycles. The van der Waals surface area contributed by atoms with E-state index in [1.54, 1.807) is 36.7 Å². The van der Waals surface area contributed by atoms with Crippen LogP contribution < -0.4 is 21.3 Å². The van der Waals surface area contributed by atoms with Crippen molar-refractivity contribution in [2.24, 2.45) is 17.6 Å². The average Bonchev–Trinajstić information content (AvgIpc) is 3.57. The van der Waals surface area contributed by atoms with E-state index in [4.69, 9.17) is 5.73 Å². The molecule has 2 amide bonds. The summed E-state index contributed by atoms with van der Waals surface area (Å²) in [6.07, 6.45) is 7.34. The molecular formula is C30H36N10O2. The molecule has 1 fully saturated rings. The molecule has 1 aliphatic carbocycles. The fraction of sp³-hybridized carbons (Fsp3) is 0.367. The first-order valence-corrected chi connectivity index (χ1v) is 14.1. The van der Waals surface area contributed by atoms with Crippen LogP contribution in [0, 0.1) is 11.8 Å². The average molecular weight is 569 g/mol. The lowest BCUT2D eigenvalue weighted by atomic mass is 9.81. The summed E-state index contributed by atoms with van der Waals surface area (Å²) in [4.78, 5) is 37.4. The van der Waals surface area contributed by atoms with Crippen molar-refractivity contribution in [2.75, 3.05) is 30.9 Å². The maximum Gasteiger partial charge on any atom is 0.247 e. The van der Waals surface area contributed by atoms with E-state index in [1.165, 1.54) is 0 Å². The van der Waals surface area contributed by atoms with Crippen LogP contribution in [0.1, 0.15) is 31.2 Å². The summed E-state index contributed by atoms with van der Waals surface area (Å²) in [6.45, 7) is 0.646. The van der Waals surface area contributed by atoms with E-state index in [9.17, 15) is 9.59 Å². The molecule has 42 heavy (non-hydrogen) atoms. The molecule has 2 heterocycles. The number of anilines is 2. The number of aromatic nitrogens is 6. The number of nitrogens with zero attached hydrogens (tertiary/aromatic N) is 6. The summed E-state index contributed by atoms with van der Waals surface area (Å²) in [5.74, 6) is 1.07. The minimum atomic E-state index is -0.754. The fourth-order valence-corrected chi connectivity index (χ4v) is 5.15. The number of nitrogens with one attached hydrogen (secondary N) is 3. The topological polar surface area (TPSA) is 168 Å². The van der Waals surface area contributed by atoms with Gasteiger partial charge in [-0.05, 0) is 78.8 Å². The van der Waals surface area contributed by atoms with Gasteiger partial charge in [-0.15, -0.1) is 10.2 Å². The summed E-state index contributed by atoms with van der Waals surface area (Å²) >= 11 is 0. The first-order valence-electron chi connectivity index (χ1n) is 14.1. The molecule has 12 heteroatoms. The molecule has 5 rings (SSSR count). The van der Waals surface area contributed by atoms with Gasteiger partial charge in [0, 0.05) is 55.6 Å². The Balaban J connectivity index is 1.29. The third-order valence-electron chi connectivity index (χ3n) is 7.71. The molecular weight excluding hydrogens is 532 g/mol. The number of hydrogen-bond donors (Lipinski definition) is 4. The third-order valence-corrected chi connectivity index (χ3v) is 7.71. The van der Waals surface area contributed by atoms with Gasteiger partial charge in [0.1, 0.15) is 6.04 Å². The molecule has 4 aromatic rings. The van der Waals surface area contributed by atoms with Gasteiger partial charge in [0.2, 0.25) is 23.6 Å². The molecule has 2 aromatic heterocycles. The van der Waals surface area contributed by atoms with Crippen molar-refractivity contribution in [2.45, 2.75) is 38.1 Å². The fourth-order valence-electron chi connectivity index (χ4n) is 5.15. The summed E-state index contributed by atoms with van der Waals surface area (Å²) in [5, 5.41) is 20.0. The molecule has 1 atom stereocenters. The summed E-state index contributed by atoms with van der Waals surface area (Å²) < 4.78 is 0. The Morgan fingerprint density at radius 1 is 0.952 bits per heavy atom. The summed E-state index contributed by atoms with van der Waals surface area (Å²) in [5.41, 5.74) is 9.98. The number of hydrogen-bond acceptors (Lipinski definition) is 9. The summed E-state index contributed by atoms with van der Waals surface area (Å²) in [7, 11) is 3.79. The highest BCUT2D eigenvalue weighted by atomic mass is 16.2. The molecule has 12 nitrogen and oxygen atoms in total. The lowest BCUT2D eigenvalue weighted by Gasteiger charge is -2.28. The smallest absolute Gasteiger partial charge is 0.247 e. The van der Waals surface area contributed by atoms with Crippen LogP contribution in [0.15, 0.2) is 60.9 Å². The van der Waals surface area contributed by atoms with Gasteiger partial charge in [0.15, 0.2) is 0 Å². The lowest BCUT2D eigenvalue weighted by Crippen LogP contribution is -2.48. The molecule has 0 spiro atoms. The Hall–Kier alpha value is -4.71. The highest BCUT2D eigenvalue weighted by Gasteiger charge is 2.29. The van der Waals surface area contributed by atoms with Gasteiger partial charge in [-0.1, -0.05) is 24.3 Å². The van der Waals surface area contributed by atoms with Gasteiger partial charge < -0.3 is 21.3 Å². The number of tetrazole rings is 1. The molecule has 5 N–H and O–H groups in total. The first kappa shape index (κ1) is 28.8. The number of amides is 2. The maximum absolute atomic E-state index is 13.5. The van der Waals surface area contributed by atoms with E-state index in [0.717, 1.165) is 47.9 Å². The lowest BCUT2D eigenvalue weighted by molar-refractivity contribution is -0.130. The Bertz CT molecular complexity index is 1450. The molecule has 0 bridgehead atoms. The van der Waals surface area contributed by atoms with Gasteiger partial charge >= 0.3 is 0 Å². The predicted octanol–water partition coefficient (Wildman–Crippen LogP) is 2.82. The minimum Gasteiger partial charge on any atom is -0.347 e. The van der Waals surface area contributed by atoms with Crippen molar-refractivity contribution in [3.8, 4) is 22.5 Å². The zero-order valence-corrected chi connectivity index (χ0v) is 23.8. The number of aromatic amines is 1. The zero-order chi connectivity index (χ0) is 29.5. The number of nitrogens with two attached hydrogens (primary N) is 1. The maximum atomic E-state index is 13.5. The molecule has 1 unspecified atom stereocenters. The van der Waals surface area contributed by atoms with Crippen LogP contribution >= 0.6 is 0 Å². The quantitative estimate of drug-likeness (QED) is 0.225. The second-order valence-corrected chi connectivity index (χ2v) is 10.9. The Kier molecular flexibility index (Phi) is 9.12. The SMILES string of the molecule is CN(C)c1ncc(-c2ccc(CC(NC(=O)C3CCC(CN)CC3)C(=O)Nc3ccc(-c4nn[nH]n4)cc3)cc2)cn1. The second kappa shape index (κ2) is 13.3. The standard InChI is InChI=1S/C30H36N10O2/c1-40(2)30-32-17-24(18-33-30)21-7-3-19(4-8-21)15-26(35-28(41)23-9-5-20(16-31)6-10-23)29(42)34-25-13-11-22(12-14-25)27-36-38-39-37-27/h3-4,7-8,11-14,17-18,20,23,26H,5-6,9-10,15-16,31H2,1-2H3,(H,34,42)(H,35,41)(H,36,37,38,39). The Morgan fingerprint density at radius 3 is 2.21 bits per heavy atom. The highest BCUT2D eigenvalue weighted by Crippen LogP contribution is 2.28. The van der Waals surface area contributed by atoms with Crippen LogP contribution in [0.2, 0.25) is 0 Å². The van der Waals surface area contributed by atoms with E-state index in [2.05, 4.69) is 41.2 Å². The van der Waals surface area contributed by atoms with Crippen molar-refractivity contribution in [3.63, 3.8) is 0 Å². The van der Waals surface area contributed by atoms with Gasteiger partial charge in [-0.25, -0.2) is 9.97 Å². The minimum absolute atomic E-state index is 0.0900. The Morgan fingerprint density at radius 2 is 1.62 bits per heavy atom. The summed E-state index contributed by atoms with van der Waals surface area (Å²) in [6, 6.07) is 14.3. The van der Waals surface area contributed by atoms with Crippen LogP contribution in [-0.2, 0) is 16.0 Å². The highest BCUT2D eigenvalue weighted by molar-refractivity contribution is 5.97. The number of carbonyl (C=O) groups excluding carboxylic acids is 2. The van der Waals surface area contributed by atoms with Gasteiger partial charge in [0.25, 0.3) is 0 Å². The van der Waals surface area contributed by atoms with Crippen molar-refractivity contribution in [1.29, 1.82) is 0 Å². The number of carbonyl (C=O) groups is 2.